The van der Waals surface area contributed by atoms with E-state index < -0.39 is 5.97 Å². The molecule has 0 radical (unpaired) electrons. The first-order chi connectivity index (χ1) is 8.67. The number of aryl methyl sites for hydroxylation is 1. The highest BCUT2D eigenvalue weighted by Gasteiger charge is 2.15. The lowest BCUT2D eigenvalue weighted by atomic mass is 9.96. The van der Waals surface area contributed by atoms with Gasteiger partial charge in [-0.05, 0) is 12.3 Å². The second-order valence-electron chi connectivity index (χ2n) is 5.82. The fraction of sp³-hybridized carbons (Fsp3) is 0.615. The van der Waals surface area contributed by atoms with Crippen LogP contribution in [0.4, 0.5) is 11.6 Å². The van der Waals surface area contributed by atoms with Crippen molar-refractivity contribution in [3.05, 3.63) is 11.9 Å². The summed E-state index contributed by atoms with van der Waals surface area (Å²) in [6.45, 7) is 8.95. The summed E-state index contributed by atoms with van der Waals surface area (Å²) < 4.78 is 0. The Bertz CT molecular complexity index is 454. The molecule has 0 amide bonds. The van der Waals surface area contributed by atoms with Gasteiger partial charge in [-0.1, -0.05) is 20.8 Å². The number of carboxylic acids is 1. The van der Waals surface area contributed by atoms with Gasteiger partial charge in [0.25, 0.3) is 0 Å². The first-order valence-corrected chi connectivity index (χ1v) is 6.20. The summed E-state index contributed by atoms with van der Waals surface area (Å²) >= 11 is 0. The summed E-state index contributed by atoms with van der Waals surface area (Å²) in [5.41, 5.74) is 0.155. The topological polar surface area (TPSA) is 78.3 Å². The predicted molar refractivity (Wildman–Crippen MR) is 75.6 cm³/mol. The van der Waals surface area contributed by atoms with E-state index in [4.69, 9.17) is 5.11 Å². The van der Waals surface area contributed by atoms with Gasteiger partial charge in [-0.25, -0.2) is 9.97 Å². The normalized spacial score (nSPS) is 11.2. The van der Waals surface area contributed by atoms with Crippen LogP contribution in [0.1, 0.15) is 26.6 Å². The fourth-order valence-electron chi connectivity index (χ4n) is 1.80. The van der Waals surface area contributed by atoms with E-state index in [-0.39, 0.29) is 12.0 Å². The van der Waals surface area contributed by atoms with Crippen LogP contribution in [0.5, 0.6) is 0 Å². The number of hydrogen-bond donors (Lipinski definition) is 2. The highest BCUT2D eigenvalue weighted by molar-refractivity contribution is 5.72. The summed E-state index contributed by atoms with van der Waals surface area (Å²) in [5.74, 6) is 1.02. The van der Waals surface area contributed by atoms with E-state index >= 15 is 0 Å². The number of nitrogens with zero attached hydrogens (tertiary/aromatic N) is 3. The molecular formula is C13H22N4O2. The van der Waals surface area contributed by atoms with Crippen LogP contribution in [0.2, 0.25) is 0 Å². The van der Waals surface area contributed by atoms with Crippen molar-refractivity contribution in [2.24, 2.45) is 5.41 Å². The van der Waals surface area contributed by atoms with Crippen LogP contribution in [-0.2, 0) is 4.79 Å². The van der Waals surface area contributed by atoms with Crippen molar-refractivity contribution in [1.29, 1.82) is 0 Å². The molecule has 6 nitrogen and oxygen atoms in total. The lowest BCUT2D eigenvalue weighted by Crippen LogP contribution is -2.30. The Kier molecular flexibility index (Phi) is 4.69. The molecule has 1 rings (SSSR count). The molecule has 1 heterocycles. The Morgan fingerprint density at radius 2 is 2.05 bits per heavy atom. The standard InChI is InChI=1S/C13H22N4O2/c1-9-15-10(14-7-12(18)19)6-11(16-9)17(5)8-13(2,3)4/h6H,7-8H2,1-5H3,(H,18,19)(H,14,15,16). The molecular weight excluding hydrogens is 244 g/mol. The molecule has 0 aliphatic rings. The molecule has 1 aromatic heterocycles. The molecule has 0 saturated heterocycles. The summed E-state index contributed by atoms with van der Waals surface area (Å²) in [5, 5.41) is 11.4. The molecule has 0 unspecified atom stereocenters. The van der Waals surface area contributed by atoms with E-state index in [0.717, 1.165) is 12.4 Å². The Morgan fingerprint density at radius 1 is 1.42 bits per heavy atom. The second-order valence-corrected chi connectivity index (χ2v) is 5.82. The first kappa shape index (κ1) is 15.2. The van der Waals surface area contributed by atoms with Gasteiger partial charge >= 0.3 is 5.97 Å². The van der Waals surface area contributed by atoms with Crippen molar-refractivity contribution in [3.63, 3.8) is 0 Å². The van der Waals surface area contributed by atoms with Gasteiger partial charge in [-0.3, -0.25) is 4.79 Å². The largest absolute Gasteiger partial charge is 0.480 e. The van der Waals surface area contributed by atoms with Gasteiger partial charge in [0.05, 0.1) is 0 Å². The van der Waals surface area contributed by atoms with Gasteiger partial charge in [0.15, 0.2) is 0 Å². The highest BCUT2D eigenvalue weighted by Crippen LogP contribution is 2.20. The molecule has 0 bridgehead atoms. The van der Waals surface area contributed by atoms with Crippen LogP contribution >= 0.6 is 0 Å². The minimum Gasteiger partial charge on any atom is -0.480 e. The Hall–Kier alpha value is -1.85. The maximum absolute atomic E-state index is 10.5. The van der Waals surface area contributed by atoms with Crippen molar-refractivity contribution in [1.82, 2.24) is 9.97 Å². The quantitative estimate of drug-likeness (QED) is 0.845. The van der Waals surface area contributed by atoms with E-state index in [1.807, 2.05) is 11.9 Å². The van der Waals surface area contributed by atoms with Crippen LogP contribution in [0.15, 0.2) is 6.07 Å². The second kappa shape index (κ2) is 5.86. The lowest BCUT2D eigenvalue weighted by molar-refractivity contribution is -0.134. The smallest absolute Gasteiger partial charge is 0.322 e. The van der Waals surface area contributed by atoms with Gasteiger partial charge in [-0.2, -0.15) is 0 Å². The minimum atomic E-state index is -0.916. The average molecular weight is 266 g/mol. The Morgan fingerprint density at radius 3 is 2.58 bits per heavy atom. The molecule has 2 N–H and O–H groups in total. The van der Waals surface area contributed by atoms with Crippen LogP contribution < -0.4 is 10.2 Å². The predicted octanol–water partition coefficient (Wildman–Crippen LogP) is 1.76. The number of hydrogen-bond acceptors (Lipinski definition) is 5. The summed E-state index contributed by atoms with van der Waals surface area (Å²) in [7, 11) is 1.97. The third kappa shape index (κ3) is 5.54. The highest BCUT2D eigenvalue weighted by atomic mass is 16.4. The third-order valence-corrected chi connectivity index (χ3v) is 2.35. The van der Waals surface area contributed by atoms with Crippen molar-refractivity contribution >= 4 is 17.6 Å². The molecule has 0 spiro atoms. The maximum Gasteiger partial charge on any atom is 0.322 e. The van der Waals surface area contributed by atoms with E-state index in [1.54, 1.807) is 13.0 Å². The van der Waals surface area contributed by atoms with Gasteiger partial charge in [0.1, 0.15) is 24.0 Å². The average Bonchev–Trinajstić information content (AvgIpc) is 2.23. The zero-order valence-corrected chi connectivity index (χ0v) is 12.2. The molecule has 106 valence electrons. The zero-order chi connectivity index (χ0) is 14.6. The van der Waals surface area contributed by atoms with E-state index in [9.17, 15) is 4.79 Å². The maximum atomic E-state index is 10.5. The number of aromatic nitrogens is 2. The van der Waals surface area contributed by atoms with E-state index in [1.165, 1.54) is 0 Å². The molecule has 19 heavy (non-hydrogen) atoms. The number of anilines is 2. The van der Waals surface area contributed by atoms with Crippen molar-refractivity contribution in [2.45, 2.75) is 27.7 Å². The van der Waals surface area contributed by atoms with Gasteiger partial charge in [0, 0.05) is 19.7 Å². The lowest BCUT2D eigenvalue weighted by Gasteiger charge is -2.27. The Balaban J connectivity index is 2.86. The number of carboxylic acid groups (broad SMARTS) is 1. The first-order valence-electron chi connectivity index (χ1n) is 6.20. The number of aliphatic carboxylic acids is 1. The third-order valence-electron chi connectivity index (χ3n) is 2.35. The monoisotopic (exact) mass is 266 g/mol. The van der Waals surface area contributed by atoms with Crippen LogP contribution in [0, 0.1) is 12.3 Å². The summed E-state index contributed by atoms with van der Waals surface area (Å²) in [4.78, 5) is 21.1. The van der Waals surface area contributed by atoms with Crippen molar-refractivity contribution < 1.29 is 9.90 Å². The molecule has 0 atom stereocenters. The van der Waals surface area contributed by atoms with Crippen LogP contribution in [0.25, 0.3) is 0 Å². The van der Waals surface area contributed by atoms with Crippen LogP contribution in [0.3, 0.4) is 0 Å². The SMILES string of the molecule is Cc1nc(NCC(=O)O)cc(N(C)CC(C)(C)C)n1. The number of carbonyl (C=O) groups is 1. The molecule has 0 aliphatic heterocycles. The minimum absolute atomic E-state index is 0.154. The Labute approximate surface area is 113 Å². The van der Waals surface area contributed by atoms with Crippen molar-refractivity contribution in [3.8, 4) is 0 Å². The molecule has 0 fully saturated rings. The van der Waals surface area contributed by atoms with Gasteiger partial charge in [-0.15, -0.1) is 0 Å². The zero-order valence-electron chi connectivity index (χ0n) is 12.2. The fourth-order valence-corrected chi connectivity index (χ4v) is 1.80. The van der Waals surface area contributed by atoms with Gasteiger partial charge in [0.2, 0.25) is 0 Å². The van der Waals surface area contributed by atoms with Gasteiger partial charge < -0.3 is 15.3 Å². The summed E-state index contributed by atoms with van der Waals surface area (Å²) in [6, 6.07) is 1.77. The molecule has 0 aliphatic carbocycles. The molecule has 0 saturated carbocycles. The van der Waals surface area contributed by atoms with E-state index in [0.29, 0.717) is 11.6 Å². The summed E-state index contributed by atoms with van der Waals surface area (Å²) in [6.07, 6.45) is 0. The van der Waals surface area contributed by atoms with Crippen LogP contribution in [-0.4, -0.2) is 41.2 Å². The number of rotatable bonds is 5. The number of nitrogens with one attached hydrogen (secondary N) is 1. The van der Waals surface area contributed by atoms with Crippen molar-refractivity contribution in [2.75, 3.05) is 30.4 Å². The molecule has 1 aromatic rings. The molecule has 0 aromatic carbocycles. The molecule has 6 heteroatoms. The van der Waals surface area contributed by atoms with E-state index in [2.05, 4.69) is 36.1 Å².